The van der Waals surface area contributed by atoms with Gasteiger partial charge >= 0.3 is 12.6 Å². The summed E-state index contributed by atoms with van der Waals surface area (Å²) in [4.78, 5) is 23.4. The van der Waals surface area contributed by atoms with Crippen LogP contribution in [0.25, 0.3) is 0 Å². The molecule has 1 N–H and O–H groups in total. The van der Waals surface area contributed by atoms with Crippen molar-refractivity contribution in [2.45, 2.75) is 13.2 Å². The molecule has 0 saturated heterocycles. The van der Waals surface area contributed by atoms with Gasteiger partial charge in [0.05, 0.1) is 5.56 Å². The number of hydrogen-bond acceptors (Lipinski definition) is 4. The Morgan fingerprint density at radius 1 is 1.00 bits per heavy atom. The summed E-state index contributed by atoms with van der Waals surface area (Å²) in [5, 5.41) is 2.51. The van der Waals surface area contributed by atoms with Crippen LogP contribution in [0.1, 0.15) is 15.9 Å². The third-order valence-corrected chi connectivity index (χ3v) is 3.05. The lowest BCUT2D eigenvalue weighted by Crippen LogP contribution is -2.28. The van der Waals surface area contributed by atoms with Crippen molar-refractivity contribution < 1.29 is 32.2 Å². The second kappa shape index (κ2) is 8.72. The summed E-state index contributed by atoms with van der Waals surface area (Å²) in [6.07, 6.45) is 0. The standard InChI is InChI=1S/C17H14F3NO4/c18-13-5-1-11(2-6-13)9-21-15(22)10-24-16(23)12-3-7-14(8-4-12)25-17(19)20/h1-8,17H,9-10H2,(H,21,22). The van der Waals surface area contributed by atoms with Crippen LogP contribution in [0.5, 0.6) is 5.75 Å². The van der Waals surface area contributed by atoms with Crippen molar-refractivity contribution in [3.63, 3.8) is 0 Å². The van der Waals surface area contributed by atoms with Gasteiger partial charge in [-0.3, -0.25) is 4.79 Å². The van der Waals surface area contributed by atoms with Gasteiger partial charge in [-0.15, -0.1) is 0 Å². The number of ether oxygens (including phenoxy) is 2. The van der Waals surface area contributed by atoms with Crippen LogP contribution in [0.3, 0.4) is 0 Å². The molecule has 0 saturated carbocycles. The third kappa shape index (κ3) is 6.17. The Hall–Kier alpha value is -3.03. The fourth-order valence-corrected chi connectivity index (χ4v) is 1.84. The maximum Gasteiger partial charge on any atom is 0.387 e. The molecule has 25 heavy (non-hydrogen) atoms. The number of carbonyl (C=O) groups excluding carboxylic acids is 2. The number of halogens is 3. The molecular weight excluding hydrogens is 339 g/mol. The number of benzene rings is 2. The van der Waals surface area contributed by atoms with Crippen LogP contribution in [-0.2, 0) is 16.1 Å². The quantitative estimate of drug-likeness (QED) is 0.778. The molecule has 0 heterocycles. The molecule has 0 aliphatic rings. The van der Waals surface area contributed by atoms with Crippen LogP contribution in [0.2, 0.25) is 0 Å². The molecule has 0 radical (unpaired) electrons. The number of alkyl halides is 2. The fraction of sp³-hybridized carbons (Fsp3) is 0.176. The van der Waals surface area contributed by atoms with Gasteiger partial charge in [0.15, 0.2) is 6.61 Å². The van der Waals surface area contributed by atoms with Crippen molar-refractivity contribution >= 4 is 11.9 Å². The molecule has 132 valence electrons. The highest BCUT2D eigenvalue weighted by molar-refractivity contribution is 5.91. The molecule has 2 rings (SSSR count). The van der Waals surface area contributed by atoms with E-state index in [-0.39, 0.29) is 23.7 Å². The zero-order valence-corrected chi connectivity index (χ0v) is 12.9. The Morgan fingerprint density at radius 3 is 2.24 bits per heavy atom. The predicted octanol–water partition coefficient (Wildman–Crippen LogP) is 2.90. The zero-order chi connectivity index (χ0) is 18.2. The number of hydrogen-bond donors (Lipinski definition) is 1. The van der Waals surface area contributed by atoms with Gasteiger partial charge in [-0.1, -0.05) is 12.1 Å². The summed E-state index contributed by atoms with van der Waals surface area (Å²) in [6.45, 7) is -3.30. The highest BCUT2D eigenvalue weighted by atomic mass is 19.3. The Bertz CT molecular complexity index is 718. The first-order chi connectivity index (χ1) is 11.9. The summed E-state index contributed by atoms with van der Waals surface area (Å²) < 4.78 is 45.8. The molecule has 0 unspecified atom stereocenters. The molecule has 8 heteroatoms. The second-order valence-corrected chi connectivity index (χ2v) is 4.88. The van der Waals surface area contributed by atoms with Crippen LogP contribution in [0.4, 0.5) is 13.2 Å². The largest absolute Gasteiger partial charge is 0.452 e. The summed E-state index contributed by atoms with van der Waals surface area (Å²) in [5.74, 6) is -1.78. The monoisotopic (exact) mass is 353 g/mol. The van der Waals surface area contributed by atoms with Crippen molar-refractivity contribution in [2.75, 3.05) is 6.61 Å². The highest BCUT2D eigenvalue weighted by Crippen LogP contribution is 2.15. The lowest BCUT2D eigenvalue weighted by atomic mass is 10.2. The van der Waals surface area contributed by atoms with Gasteiger partial charge in [-0.2, -0.15) is 8.78 Å². The number of amides is 1. The molecular formula is C17H14F3NO4. The van der Waals surface area contributed by atoms with E-state index < -0.39 is 25.1 Å². The van der Waals surface area contributed by atoms with Crippen molar-refractivity contribution in [1.82, 2.24) is 5.32 Å². The van der Waals surface area contributed by atoms with Gasteiger partial charge in [0, 0.05) is 6.54 Å². The lowest BCUT2D eigenvalue weighted by molar-refractivity contribution is -0.124. The van der Waals surface area contributed by atoms with Crippen molar-refractivity contribution in [3.8, 4) is 5.75 Å². The summed E-state index contributed by atoms with van der Waals surface area (Å²) >= 11 is 0. The van der Waals surface area contributed by atoms with Gasteiger partial charge < -0.3 is 14.8 Å². The fourth-order valence-electron chi connectivity index (χ4n) is 1.84. The summed E-state index contributed by atoms with van der Waals surface area (Å²) in [6, 6.07) is 10.4. The molecule has 1 amide bonds. The molecule has 5 nitrogen and oxygen atoms in total. The van der Waals surface area contributed by atoms with E-state index in [0.29, 0.717) is 5.56 Å². The summed E-state index contributed by atoms with van der Waals surface area (Å²) in [5.41, 5.74) is 0.781. The van der Waals surface area contributed by atoms with E-state index in [1.165, 1.54) is 48.5 Å². The Kier molecular flexibility index (Phi) is 6.39. The Morgan fingerprint density at radius 2 is 1.64 bits per heavy atom. The molecule has 0 spiro atoms. The van der Waals surface area contributed by atoms with Crippen LogP contribution in [0, 0.1) is 5.82 Å². The maximum atomic E-state index is 12.8. The van der Waals surface area contributed by atoms with E-state index in [4.69, 9.17) is 4.74 Å². The van der Waals surface area contributed by atoms with Gasteiger partial charge in [-0.05, 0) is 42.0 Å². The first kappa shape index (κ1) is 18.3. The minimum atomic E-state index is -2.96. The maximum absolute atomic E-state index is 12.8. The Labute approximate surface area is 141 Å². The molecule has 0 fully saturated rings. The van der Waals surface area contributed by atoms with E-state index in [9.17, 15) is 22.8 Å². The normalized spacial score (nSPS) is 10.4. The summed E-state index contributed by atoms with van der Waals surface area (Å²) in [7, 11) is 0. The van der Waals surface area contributed by atoms with Crippen LogP contribution >= 0.6 is 0 Å². The Balaban J connectivity index is 1.76. The van der Waals surface area contributed by atoms with Gasteiger partial charge in [0.25, 0.3) is 5.91 Å². The number of carbonyl (C=O) groups is 2. The second-order valence-electron chi connectivity index (χ2n) is 4.88. The van der Waals surface area contributed by atoms with Crippen molar-refractivity contribution in [3.05, 3.63) is 65.5 Å². The van der Waals surface area contributed by atoms with E-state index >= 15 is 0 Å². The smallest absolute Gasteiger partial charge is 0.387 e. The molecule has 0 aliphatic heterocycles. The van der Waals surface area contributed by atoms with Gasteiger partial charge in [-0.25, -0.2) is 9.18 Å². The van der Waals surface area contributed by atoms with Crippen LogP contribution in [0.15, 0.2) is 48.5 Å². The average molecular weight is 353 g/mol. The van der Waals surface area contributed by atoms with Crippen LogP contribution in [-0.4, -0.2) is 25.1 Å². The molecule has 0 bridgehead atoms. The van der Waals surface area contributed by atoms with E-state index in [1.807, 2.05) is 0 Å². The molecule has 0 aromatic heterocycles. The highest BCUT2D eigenvalue weighted by Gasteiger charge is 2.11. The molecule has 0 atom stereocenters. The number of nitrogens with one attached hydrogen (secondary N) is 1. The SMILES string of the molecule is O=C(COC(=O)c1ccc(OC(F)F)cc1)NCc1ccc(F)cc1. The van der Waals surface area contributed by atoms with E-state index in [0.717, 1.165) is 0 Å². The van der Waals surface area contributed by atoms with Crippen LogP contribution < -0.4 is 10.1 Å². The topological polar surface area (TPSA) is 64.6 Å². The number of rotatable bonds is 7. The van der Waals surface area contributed by atoms with Gasteiger partial charge in [0.1, 0.15) is 11.6 Å². The molecule has 2 aromatic rings. The minimum absolute atomic E-state index is 0.0907. The predicted molar refractivity (Wildman–Crippen MR) is 81.6 cm³/mol. The first-order valence-electron chi connectivity index (χ1n) is 7.17. The number of esters is 1. The third-order valence-electron chi connectivity index (χ3n) is 3.05. The van der Waals surface area contributed by atoms with Crippen molar-refractivity contribution in [1.29, 1.82) is 0 Å². The average Bonchev–Trinajstić information content (AvgIpc) is 2.59. The van der Waals surface area contributed by atoms with E-state index in [1.54, 1.807) is 0 Å². The molecule has 2 aromatic carbocycles. The first-order valence-corrected chi connectivity index (χ1v) is 7.17. The van der Waals surface area contributed by atoms with Crippen molar-refractivity contribution in [2.24, 2.45) is 0 Å². The lowest BCUT2D eigenvalue weighted by Gasteiger charge is -2.08. The minimum Gasteiger partial charge on any atom is -0.452 e. The van der Waals surface area contributed by atoms with E-state index in [2.05, 4.69) is 10.1 Å². The van der Waals surface area contributed by atoms with Gasteiger partial charge in [0.2, 0.25) is 0 Å². The molecule has 0 aliphatic carbocycles. The zero-order valence-electron chi connectivity index (χ0n) is 12.9.